The topological polar surface area (TPSA) is 41.1 Å². The molecule has 1 aliphatic heterocycles. The number of carbonyl (C=O) groups is 1. The van der Waals surface area contributed by atoms with E-state index in [1.165, 1.54) is 0 Å². The number of halogens is 1. The molecule has 0 aromatic carbocycles. The van der Waals surface area contributed by atoms with Gasteiger partial charge < -0.3 is 10.6 Å². The van der Waals surface area contributed by atoms with Crippen LogP contribution in [0.2, 0.25) is 0 Å². The second-order valence-electron chi connectivity index (χ2n) is 2.54. The molecule has 1 aliphatic rings. The van der Waals surface area contributed by atoms with Crippen molar-refractivity contribution in [2.75, 3.05) is 6.54 Å². The summed E-state index contributed by atoms with van der Waals surface area (Å²) >= 11 is 0. The van der Waals surface area contributed by atoms with E-state index in [0.29, 0.717) is 0 Å². The van der Waals surface area contributed by atoms with Crippen LogP contribution in [0.4, 0.5) is 0 Å². The summed E-state index contributed by atoms with van der Waals surface area (Å²) in [5, 5.41) is 5.90. The number of hydrogen-bond acceptors (Lipinski definition) is 2. The van der Waals surface area contributed by atoms with Gasteiger partial charge in [0.2, 0.25) is 5.91 Å². The maximum absolute atomic E-state index is 10.8. The van der Waals surface area contributed by atoms with Crippen LogP contribution in [0.5, 0.6) is 0 Å². The lowest BCUT2D eigenvalue weighted by atomic mass is 10.2. The van der Waals surface area contributed by atoms with Crippen molar-refractivity contribution in [2.24, 2.45) is 0 Å². The standard InChI is InChI=1S/C6H12N2O.ClH/c1-4-3-7-5(2)6(9)8-4;/h4-5,7H,3H2,1-2H3,(H,8,9);1H/t4-,5+;/m0./s1. The molecule has 1 amide bonds. The lowest BCUT2D eigenvalue weighted by Gasteiger charge is -2.25. The van der Waals surface area contributed by atoms with Crippen molar-refractivity contribution in [1.82, 2.24) is 10.6 Å². The first-order valence-electron chi connectivity index (χ1n) is 3.24. The van der Waals surface area contributed by atoms with Gasteiger partial charge in [-0.05, 0) is 13.8 Å². The molecule has 1 fully saturated rings. The van der Waals surface area contributed by atoms with Crippen molar-refractivity contribution in [3.8, 4) is 0 Å². The van der Waals surface area contributed by atoms with Crippen molar-refractivity contribution in [1.29, 1.82) is 0 Å². The predicted octanol–water partition coefficient (Wildman–Crippen LogP) is -0.0954. The number of amides is 1. The highest BCUT2D eigenvalue weighted by atomic mass is 35.5. The van der Waals surface area contributed by atoms with Gasteiger partial charge in [0.05, 0.1) is 6.04 Å². The van der Waals surface area contributed by atoms with E-state index in [4.69, 9.17) is 0 Å². The van der Waals surface area contributed by atoms with Gasteiger partial charge >= 0.3 is 0 Å². The average Bonchev–Trinajstić information content (AvgIpc) is 1.80. The van der Waals surface area contributed by atoms with Crippen molar-refractivity contribution in [3.05, 3.63) is 0 Å². The van der Waals surface area contributed by atoms with Gasteiger partial charge in [0.1, 0.15) is 0 Å². The largest absolute Gasteiger partial charge is 0.351 e. The van der Waals surface area contributed by atoms with Crippen LogP contribution in [0, 0.1) is 0 Å². The Morgan fingerprint density at radius 2 is 2.10 bits per heavy atom. The van der Waals surface area contributed by atoms with Gasteiger partial charge in [-0.3, -0.25) is 4.79 Å². The molecule has 0 bridgehead atoms. The predicted molar refractivity (Wildman–Crippen MR) is 42.3 cm³/mol. The molecule has 0 saturated carbocycles. The van der Waals surface area contributed by atoms with Crippen LogP contribution in [0.1, 0.15) is 13.8 Å². The molecule has 2 atom stereocenters. The first-order chi connectivity index (χ1) is 4.20. The van der Waals surface area contributed by atoms with Crippen LogP contribution in [0.3, 0.4) is 0 Å². The fraction of sp³-hybridized carbons (Fsp3) is 0.833. The number of rotatable bonds is 0. The normalized spacial score (nSPS) is 32.4. The van der Waals surface area contributed by atoms with Crippen molar-refractivity contribution < 1.29 is 4.79 Å². The molecule has 4 heteroatoms. The van der Waals surface area contributed by atoms with E-state index in [-0.39, 0.29) is 30.4 Å². The fourth-order valence-corrected chi connectivity index (χ4v) is 0.865. The lowest BCUT2D eigenvalue weighted by Crippen LogP contribution is -2.55. The van der Waals surface area contributed by atoms with Gasteiger partial charge in [-0.15, -0.1) is 12.4 Å². The van der Waals surface area contributed by atoms with E-state index < -0.39 is 0 Å². The Labute approximate surface area is 67.0 Å². The van der Waals surface area contributed by atoms with Crippen LogP contribution in [-0.4, -0.2) is 24.5 Å². The molecule has 60 valence electrons. The Morgan fingerprint density at radius 3 is 2.50 bits per heavy atom. The highest BCUT2D eigenvalue weighted by Gasteiger charge is 2.19. The molecule has 2 N–H and O–H groups in total. The molecular formula is C6H13ClN2O. The van der Waals surface area contributed by atoms with Gasteiger partial charge in [0.25, 0.3) is 0 Å². The number of piperazine rings is 1. The molecule has 1 heterocycles. The van der Waals surface area contributed by atoms with Crippen LogP contribution in [-0.2, 0) is 4.79 Å². The second kappa shape index (κ2) is 3.78. The Morgan fingerprint density at radius 1 is 1.50 bits per heavy atom. The summed E-state index contributed by atoms with van der Waals surface area (Å²) in [5.41, 5.74) is 0. The van der Waals surface area contributed by atoms with Crippen LogP contribution in [0.25, 0.3) is 0 Å². The first kappa shape index (κ1) is 9.72. The number of nitrogens with one attached hydrogen (secondary N) is 2. The maximum atomic E-state index is 10.8. The Balaban J connectivity index is 0.000000810. The molecular weight excluding hydrogens is 152 g/mol. The summed E-state index contributed by atoms with van der Waals surface area (Å²) in [7, 11) is 0. The Hall–Kier alpha value is -0.280. The Bertz CT molecular complexity index is 129. The minimum atomic E-state index is -0.0128. The summed E-state index contributed by atoms with van der Waals surface area (Å²) in [6.45, 7) is 4.73. The van der Waals surface area contributed by atoms with Crippen molar-refractivity contribution in [3.63, 3.8) is 0 Å². The minimum absolute atomic E-state index is 0. The monoisotopic (exact) mass is 164 g/mol. The summed E-state index contributed by atoms with van der Waals surface area (Å²) in [6, 6.07) is 0.273. The highest BCUT2D eigenvalue weighted by molar-refractivity contribution is 5.85. The summed E-state index contributed by atoms with van der Waals surface area (Å²) in [6.07, 6.45) is 0. The Kier molecular flexibility index (Phi) is 3.68. The second-order valence-corrected chi connectivity index (χ2v) is 2.54. The van der Waals surface area contributed by atoms with Crippen molar-refractivity contribution >= 4 is 18.3 Å². The third kappa shape index (κ3) is 2.15. The van der Waals surface area contributed by atoms with E-state index in [0.717, 1.165) is 6.54 Å². The molecule has 0 aromatic rings. The molecule has 3 nitrogen and oxygen atoms in total. The third-order valence-corrected chi connectivity index (χ3v) is 1.51. The van der Waals surface area contributed by atoms with Gasteiger partial charge in [-0.25, -0.2) is 0 Å². The highest BCUT2D eigenvalue weighted by Crippen LogP contribution is 1.91. The number of carbonyl (C=O) groups excluding carboxylic acids is 1. The molecule has 0 unspecified atom stereocenters. The van der Waals surface area contributed by atoms with Crippen LogP contribution in [0.15, 0.2) is 0 Å². The third-order valence-electron chi connectivity index (χ3n) is 1.51. The van der Waals surface area contributed by atoms with Crippen LogP contribution < -0.4 is 10.6 Å². The molecule has 10 heavy (non-hydrogen) atoms. The molecule has 0 radical (unpaired) electrons. The van der Waals surface area contributed by atoms with E-state index in [9.17, 15) is 4.79 Å². The van der Waals surface area contributed by atoms with Gasteiger partial charge in [0.15, 0.2) is 0 Å². The van der Waals surface area contributed by atoms with E-state index in [2.05, 4.69) is 10.6 Å². The fourth-order valence-electron chi connectivity index (χ4n) is 0.865. The van der Waals surface area contributed by atoms with E-state index in [1.54, 1.807) is 0 Å². The first-order valence-corrected chi connectivity index (χ1v) is 3.24. The van der Waals surface area contributed by atoms with Gasteiger partial charge in [-0.2, -0.15) is 0 Å². The van der Waals surface area contributed by atoms with E-state index in [1.807, 2.05) is 13.8 Å². The zero-order chi connectivity index (χ0) is 6.85. The van der Waals surface area contributed by atoms with E-state index >= 15 is 0 Å². The average molecular weight is 165 g/mol. The quantitative estimate of drug-likeness (QED) is 0.525. The van der Waals surface area contributed by atoms with Crippen LogP contribution >= 0.6 is 12.4 Å². The molecule has 1 rings (SSSR count). The maximum Gasteiger partial charge on any atom is 0.237 e. The minimum Gasteiger partial charge on any atom is -0.351 e. The zero-order valence-electron chi connectivity index (χ0n) is 6.18. The molecule has 1 saturated heterocycles. The zero-order valence-corrected chi connectivity index (χ0v) is 6.99. The summed E-state index contributed by atoms with van der Waals surface area (Å²) in [5.74, 6) is 0.105. The van der Waals surface area contributed by atoms with Gasteiger partial charge in [0, 0.05) is 12.6 Å². The molecule has 0 spiro atoms. The lowest BCUT2D eigenvalue weighted by molar-refractivity contribution is -0.124. The van der Waals surface area contributed by atoms with Crippen molar-refractivity contribution in [2.45, 2.75) is 25.9 Å². The smallest absolute Gasteiger partial charge is 0.237 e. The number of hydrogen-bond donors (Lipinski definition) is 2. The molecule has 0 aliphatic carbocycles. The molecule has 0 aromatic heterocycles. The SMILES string of the molecule is C[C@H]1CN[C@H](C)C(=O)N1.Cl. The summed E-state index contributed by atoms with van der Waals surface area (Å²) < 4.78 is 0. The summed E-state index contributed by atoms with van der Waals surface area (Å²) in [4.78, 5) is 10.8. The van der Waals surface area contributed by atoms with Gasteiger partial charge in [-0.1, -0.05) is 0 Å².